The molecule has 25 heavy (non-hydrogen) atoms. The SMILES string of the molecule is C=C(c1ccccc1)N(Cc1ccccc1)C(=O)c1ccccc1Br. The average molecular weight is 392 g/mol. The topological polar surface area (TPSA) is 20.3 Å². The van der Waals surface area contributed by atoms with Crippen LogP contribution in [0.5, 0.6) is 0 Å². The molecule has 124 valence electrons. The van der Waals surface area contributed by atoms with E-state index in [9.17, 15) is 4.79 Å². The van der Waals surface area contributed by atoms with Gasteiger partial charge in [-0.3, -0.25) is 4.79 Å². The van der Waals surface area contributed by atoms with Gasteiger partial charge in [-0.1, -0.05) is 79.4 Å². The first-order valence-electron chi connectivity index (χ1n) is 8.01. The van der Waals surface area contributed by atoms with Crippen LogP contribution in [0, 0.1) is 0 Å². The van der Waals surface area contributed by atoms with Gasteiger partial charge in [0.05, 0.1) is 12.1 Å². The van der Waals surface area contributed by atoms with E-state index in [1.54, 1.807) is 4.90 Å². The lowest BCUT2D eigenvalue weighted by Crippen LogP contribution is -2.29. The third-order valence-corrected chi connectivity index (χ3v) is 4.66. The summed E-state index contributed by atoms with van der Waals surface area (Å²) in [5, 5.41) is 0. The highest BCUT2D eigenvalue weighted by Crippen LogP contribution is 2.25. The monoisotopic (exact) mass is 391 g/mol. The Labute approximate surface area is 156 Å². The highest BCUT2D eigenvalue weighted by atomic mass is 79.9. The van der Waals surface area contributed by atoms with Crippen LogP contribution >= 0.6 is 15.9 Å². The summed E-state index contributed by atoms with van der Waals surface area (Å²) in [6.45, 7) is 4.65. The van der Waals surface area contributed by atoms with E-state index in [4.69, 9.17) is 0 Å². The maximum atomic E-state index is 13.2. The van der Waals surface area contributed by atoms with E-state index in [-0.39, 0.29) is 5.91 Å². The van der Waals surface area contributed by atoms with Crippen LogP contribution < -0.4 is 0 Å². The lowest BCUT2D eigenvalue weighted by Gasteiger charge is -2.26. The standard InChI is InChI=1S/C22H18BrNO/c1-17(19-12-6-3-7-13-19)24(16-18-10-4-2-5-11-18)22(25)20-14-8-9-15-21(20)23/h2-15H,1,16H2. The molecule has 0 bridgehead atoms. The van der Waals surface area contributed by atoms with Crippen molar-refractivity contribution in [1.82, 2.24) is 4.90 Å². The molecule has 0 heterocycles. The van der Waals surface area contributed by atoms with Crippen LogP contribution in [0.1, 0.15) is 21.5 Å². The van der Waals surface area contributed by atoms with E-state index in [2.05, 4.69) is 22.5 Å². The zero-order valence-electron chi connectivity index (χ0n) is 13.7. The van der Waals surface area contributed by atoms with Crippen molar-refractivity contribution in [2.45, 2.75) is 6.54 Å². The summed E-state index contributed by atoms with van der Waals surface area (Å²) < 4.78 is 0.777. The predicted octanol–water partition coefficient (Wildman–Crippen LogP) is 5.76. The van der Waals surface area contributed by atoms with Crippen LogP contribution in [-0.4, -0.2) is 10.8 Å². The molecule has 0 saturated heterocycles. The number of hydrogen-bond donors (Lipinski definition) is 0. The van der Waals surface area contributed by atoms with Gasteiger partial charge in [-0.15, -0.1) is 0 Å². The van der Waals surface area contributed by atoms with Crippen LogP contribution in [0.2, 0.25) is 0 Å². The van der Waals surface area contributed by atoms with E-state index in [0.717, 1.165) is 15.6 Å². The van der Waals surface area contributed by atoms with Crippen molar-refractivity contribution >= 4 is 27.5 Å². The van der Waals surface area contributed by atoms with Gasteiger partial charge in [0, 0.05) is 10.2 Å². The summed E-state index contributed by atoms with van der Waals surface area (Å²) in [6.07, 6.45) is 0. The Kier molecular flexibility index (Phi) is 5.46. The normalized spacial score (nSPS) is 10.3. The predicted molar refractivity (Wildman–Crippen MR) is 106 cm³/mol. The largest absolute Gasteiger partial charge is 0.304 e. The van der Waals surface area contributed by atoms with Gasteiger partial charge in [-0.05, 0) is 39.2 Å². The maximum Gasteiger partial charge on any atom is 0.259 e. The average Bonchev–Trinajstić information content (AvgIpc) is 2.67. The zero-order valence-corrected chi connectivity index (χ0v) is 15.3. The van der Waals surface area contributed by atoms with E-state index in [0.29, 0.717) is 17.8 Å². The Morgan fingerprint density at radius 1 is 0.840 bits per heavy atom. The summed E-state index contributed by atoms with van der Waals surface area (Å²) >= 11 is 3.48. The zero-order chi connectivity index (χ0) is 17.6. The first-order chi connectivity index (χ1) is 12.2. The first-order valence-corrected chi connectivity index (χ1v) is 8.81. The minimum absolute atomic E-state index is 0.0785. The number of carbonyl (C=O) groups excluding carboxylic acids is 1. The van der Waals surface area contributed by atoms with Gasteiger partial charge < -0.3 is 4.90 Å². The van der Waals surface area contributed by atoms with E-state index < -0.39 is 0 Å². The van der Waals surface area contributed by atoms with Crippen LogP contribution in [0.15, 0.2) is 96.0 Å². The van der Waals surface area contributed by atoms with Crippen molar-refractivity contribution in [3.8, 4) is 0 Å². The molecular weight excluding hydrogens is 374 g/mol. The molecule has 3 heteroatoms. The molecule has 0 aliphatic carbocycles. The van der Waals surface area contributed by atoms with Gasteiger partial charge in [0.15, 0.2) is 0 Å². The van der Waals surface area contributed by atoms with Crippen LogP contribution in [0.3, 0.4) is 0 Å². The smallest absolute Gasteiger partial charge is 0.259 e. The van der Waals surface area contributed by atoms with E-state index in [1.165, 1.54) is 0 Å². The third kappa shape index (κ3) is 4.06. The van der Waals surface area contributed by atoms with Crippen molar-refractivity contribution in [3.05, 3.63) is 113 Å². The molecule has 0 radical (unpaired) electrons. The van der Waals surface area contributed by atoms with Gasteiger partial charge in [0.25, 0.3) is 5.91 Å². The second-order valence-corrected chi connectivity index (χ2v) is 6.52. The molecule has 0 unspecified atom stereocenters. The minimum Gasteiger partial charge on any atom is -0.304 e. The van der Waals surface area contributed by atoms with Crippen molar-refractivity contribution in [1.29, 1.82) is 0 Å². The lowest BCUT2D eigenvalue weighted by atomic mass is 10.1. The number of carbonyl (C=O) groups is 1. The summed E-state index contributed by atoms with van der Waals surface area (Å²) in [7, 11) is 0. The number of hydrogen-bond acceptors (Lipinski definition) is 1. The molecule has 3 aromatic carbocycles. The Balaban J connectivity index is 1.98. The number of amides is 1. The van der Waals surface area contributed by atoms with E-state index >= 15 is 0 Å². The fraction of sp³-hybridized carbons (Fsp3) is 0.0455. The molecule has 0 saturated carbocycles. The van der Waals surface area contributed by atoms with Crippen molar-refractivity contribution in [2.75, 3.05) is 0 Å². The summed E-state index contributed by atoms with van der Waals surface area (Å²) in [5.74, 6) is -0.0785. The van der Waals surface area contributed by atoms with Gasteiger partial charge >= 0.3 is 0 Å². The molecule has 3 rings (SSSR count). The maximum absolute atomic E-state index is 13.2. The van der Waals surface area contributed by atoms with Crippen LogP contribution in [0.4, 0.5) is 0 Å². The minimum atomic E-state index is -0.0785. The molecular formula is C22H18BrNO. The molecule has 0 aliphatic heterocycles. The summed E-state index contributed by atoms with van der Waals surface area (Å²) in [5.41, 5.74) is 3.29. The van der Waals surface area contributed by atoms with Crippen molar-refractivity contribution in [3.63, 3.8) is 0 Å². The highest BCUT2D eigenvalue weighted by Gasteiger charge is 2.21. The fourth-order valence-electron chi connectivity index (χ4n) is 2.62. The molecule has 0 aromatic heterocycles. The van der Waals surface area contributed by atoms with Gasteiger partial charge in [0.2, 0.25) is 0 Å². The molecule has 0 aliphatic rings. The Morgan fingerprint density at radius 3 is 2.04 bits per heavy atom. The number of nitrogens with zero attached hydrogens (tertiary/aromatic N) is 1. The summed E-state index contributed by atoms with van der Waals surface area (Å²) in [6, 6.07) is 27.2. The molecule has 0 spiro atoms. The molecule has 0 atom stereocenters. The Morgan fingerprint density at radius 2 is 1.40 bits per heavy atom. The van der Waals surface area contributed by atoms with Gasteiger partial charge in [-0.25, -0.2) is 0 Å². The second kappa shape index (κ2) is 7.95. The lowest BCUT2D eigenvalue weighted by molar-refractivity contribution is 0.0827. The second-order valence-electron chi connectivity index (χ2n) is 5.67. The first kappa shape index (κ1) is 17.2. The number of rotatable bonds is 5. The van der Waals surface area contributed by atoms with Crippen molar-refractivity contribution in [2.24, 2.45) is 0 Å². The molecule has 0 fully saturated rings. The Hall–Kier alpha value is -2.65. The van der Waals surface area contributed by atoms with Crippen LogP contribution in [0.25, 0.3) is 5.70 Å². The summed E-state index contributed by atoms with van der Waals surface area (Å²) in [4.78, 5) is 14.9. The Bertz CT molecular complexity index is 875. The molecule has 0 N–H and O–H groups in total. The molecule has 1 amide bonds. The third-order valence-electron chi connectivity index (χ3n) is 3.97. The van der Waals surface area contributed by atoms with E-state index in [1.807, 2.05) is 84.9 Å². The van der Waals surface area contributed by atoms with Crippen molar-refractivity contribution < 1.29 is 4.79 Å². The molecule has 2 nitrogen and oxygen atoms in total. The van der Waals surface area contributed by atoms with Gasteiger partial charge in [-0.2, -0.15) is 0 Å². The highest BCUT2D eigenvalue weighted by molar-refractivity contribution is 9.10. The quantitative estimate of drug-likeness (QED) is 0.541. The van der Waals surface area contributed by atoms with Gasteiger partial charge in [0.1, 0.15) is 0 Å². The molecule has 3 aromatic rings. The fourth-order valence-corrected chi connectivity index (χ4v) is 3.08. The van der Waals surface area contributed by atoms with Crippen LogP contribution in [-0.2, 0) is 6.54 Å². The number of benzene rings is 3. The number of halogens is 1.